The molecule has 1 aliphatic carbocycles. The fourth-order valence-electron chi connectivity index (χ4n) is 2.87. The van der Waals surface area contributed by atoms with Crippen LogP contribution in [0.25, 0.3) is 11.4 Å². The molecule has 1 saturated carbocycles. The van der Waals surface area contributed by atoms with Crippen molar-refractivity contribution in [1.82, 2.24) is 9.97 Å². The van der Waals surface area contributed by atoms with Gasteiger partial charge in [0, 0.05) is 11.5 Å². The van der Waals surface area contributed by atoms with Gasteiger partial charge in [-0.25, -0.2) is 14.4 Å². The summed E-state index contributed by atoms with van der Waals surface area (Å²) >= 11 is 3.51. The molecule has 0 spiro atoms. The van der Waals surface area contributed by atoms with E-state index < -0.39 is 0 Å². The Hall–Kier alpha value is -1.49. The zero-order valence-corrected chi connectivity index (χ0v) is 13.5. The van der Waals surface area contributed by atoms with E-state index in [0.717, 1.165) is 28.6 Å². The van der Waals surface area contributed by atoms with Gasteiger partial charge in [-0.3, -0.25) is 0 Å². The monoisotopic (exact) mass is 349 g/mol. The number of aromatic nitrogens is 2. The molecule has 21 heavy (non-hydrogen) atoms. The van der Waals surface area contributed by atoms with E-state index >= 15 is 0 Å². The quantitative estimate of drug-likeness (QED) is 0.862. The Morgan fingerprint density at radius 2 is 1.95 bits per heavy atom. The Kier molecular flexibility index (Phi) is 3.93. The summed E-state index contributed by atoms with van der Waals surface area (Å²) in [5, 5.41) is 0. The number of halogens is 2. The van der Waals surface area contributed by atoms with Crippen LogP contribution < -0.4 is 5.73 Å². The maximum atomic E-state index is 13.4. The van der Waals surface area contributed by atoms with Gasteiger partial charge in [-0.15, -0.1) is 0 Å². The predicted octanol–water partition coefficient (Wildman–Crippen LogP) is 4.59. The zero-order chi connectivity index (χ0) is 15.0. The smallest absolute Gasteiger partial charge is 0.161 e. The van der Waals surface area contributed by atoms with Crippen LogP contribution in [0.4, 0.5) is 10.2 Å². The van der Waals surface area contributed by atoms with Gasteiger partial charge in [0.25, 0.3) is 0 Å². The molecule has 0 amide bonds. The highest BCUT2D eigenvalue weighted by Crippen LogP contribution is 2.39. The van der Waals surface area contributed by atoms with Crippen LogP contribution >= 0.6 is 15.9 Å². The maximum absolute atomic E-state index is 13.4. The van der Waals surface area contributed by atoms with E-state index in [-0.39, 0.29) is 5.82 Å². The van der Waals surface area contributed by atoms with Crippen LogP contribution in [0.1, 0.15) is 42.9 Å². The molecule has 2 aromatic rings. The number of anilines is 1. The van der Waals surface area contributed by atoms with E-state index in [4.69, 9.17) is 10.7 Å². The van der Waals surface area contributed by atoms with Crippen molar-refractivity contribution in [2.75, 3.05) is 5.73 Å². The van der Waals surface area contributed by atoms with Crippen LogP contribution in [-0.2, 0) is 0 Å². The van der Waals surface area contributed by atoms with Crippen LogP contribution in [-0.4, -0.2) is 9.97 Å². The van der Waals surface area contributed by atoms with E-state index in [1.165, 1.54) is 18.9 Å². The van der Waals surface area contributed by atoms with Crippen molar-refractivity contribution in [2.45, 2.75) is 38.5 Å². The van der Waals surface area contributed by atoms with Crippen molar-refractivity contribution in [3.63, 3.8) is 0 Å². The Morgan fingerprint density at radius 3 is 2.62 bits per heavy atom. The van der Waals surface area contributed by atoms with E-state index in [2.05, 4.69) is 20.9 Å². The molecule has 1 aromatic heterocycles. The highest BCUT2D eigenvalue weighted by Gasteiger charge is 2.23. The molecule has 5 heteroatoms. The number of nitrogen functional groups attached to an aromatic ring is 1. The average molecular weight is 350 g/mol. The molecule has 0 atom stereocenters. The molecule has 1 heterocycles. The Bertz CT molecular complexity index is 681. The zero-order valence-electron chi connectivity index (χ0n) is 11.9. The summed E-state index contributed by atoms with van der Waals surface area (Å²) in [6, 6.07) is 4.90. The third-order valence-corrected chi connectivity index (χ3v) is 4.87. The second-order valence-electron chi connectivity index (χ2n) is 5.58. The normalized spacial score (nSPS) is 15.6. The number of aryl methyl sites for hydroxylation is 1. The Morgan fingerprint density at radius 1 is 1.24 bits per heavy atom. The molecule has 1 aromatic carbocycles. The second kappa shape index (κ2) is 5.72. The number of benzene rings is 1. The molecule has 3 nitrogen and oxygen atoms in total. The molecule has 1 aliphatic rings. The van der Waals surface area contributed by atoms with Crippen LogP contribution in [0.3, 0.4) is 0 Å². The Balaban J connectivity index is 2.08. The van der Waals surface area contributed by atoms with Crippen molar-refractivity contribution in [3.8, 4) is 11.4 Å². The third-order valence-electron chi connectivity index (χ3n) is 4.06. The number of hydrogen-bond acceptors (Lipinski definition) is 3. The second-order valence-corrected chi connectivity index (χ2v) is 6.37. The van der Waals surface area contributed by atoms with Gasteiger partial charge in [-0.1, -0.05) is 12.8 Å². The van der Waals surface area contributed by atoms with Gasteiger partial charge >= 0.3 is 0 Å². The van der Waals surface area contributed by atoms with Crippen LogP contribution in [0, 0.1) is 12.7 Å². The largest absolute Gasteiger partial charge is 0.383 e. The number of nitrogens with two attached hydrogens (primary N) is 1. The minimum Gasteiger partial charge on any atom is -0.383 e. The van der Waals surface area contributed by atoms with Crippen molar-refractivity contribution in [2.24, 2.45) is 0 Å². The first kappa shape index (κ1) is 14.4. The van der Waals surface area contributed by atoms with Crippen LogP contribution in [0.2, 0.25) is 0 Å². The molecule has 0 unspecified atom stereocenters. The SMILES string of the molecule is Cc1cc(-c2nc(N)c(Br)c(C3CCCC3)n2)ccc1F. The molecule has 0 radical (unpaired) electrons. The summed E-state index contributed by atoms with van der Waals surface area (Å²) in [4.78, 5) is 9.04. The first-order valence-corrected chi connectivity index (χ1v) is 7.95. The maximum Gasteiger partial charge on any atom is 0.161 e. The summed E-state index contributed by atoms with van der Waals surface area (Å²) in [6.45, 7) is 1.74. The lowest BCUT2D eigenvalue weighted by atomic mass is 10.0. The van der Waals surface area contributed by atoms with Gasteiger partial charge in [0.2, 0.25) is 0 Å². The molecule has 3 rings (SSSR count). The summed E-state index contributed by atoms with van der Waals surface area (Å²) in [6.07, 6.45) is 4.73. The molecule has 1 fully saturated rings. The van der Waals surface area contributed by atoms with E-state index in [1.807, 2.05) is 0 Å². The van der Waals surface area contributed by atoms with Crippen LogP contribution in [0.15, 0.2) is 22.7 Å². The molecule has 110 valence electrons. The average Bonchev–Trinajstić information content (AvgIpc) is 2.98. The van der Waals surface area contributed by atoms with Crippen LogP contribution in [0.5, 0.6) is 0 Å². The van der Waals surface area contributed by atoms with Gasteiger partial charge in [0.05, 0.1) is 10.2 Å². The van der Waals surface area contributed by atoms with E-state index in [9.17, 15) is 4.39 Å². The highest BCUT2D eigenvalue weighted by atomic mass is 79.9. The Labute approximate surface area is 131 Å². The molecule has 0 aliphatic heterocycles. The molecule has 2 N–H and O–H groups in total. The molecule has 0 bridgehead atoms. The topological polar surface area (TPSA) is 51.8 Å². The van der Waals surface area contributed by atoms with Gasteiger partial charge < -0.3 is 5.73 Å². The predicted molar refractivity (Wildman–Crippen MR) is 85.5 cm³/mol. The summed E-state index contributed by atoms with van der Waals surface area (Å²) in [7, 11) is 0. The van der Waals surface area contributed by atoms with Crippen molar-refractivity contribution >= 4 is 21.7 Å². The molecular formula is C16H17BrFN3. The lowest BCUT2D eigenvalue weighted by Crippen LogP contribution is -2.06. The third kappa shape index (κ3) is 2.79. The van der Waals surface area contributed by atoms with Crippen molar-refractivity contribution in [1.29, 1.82) is 0 Å². The summed E-state index contributed by atoms with van der Waals surface area (Å²) in [5.74, 6) is 1.23. The van der Waals surface area contributed by atoms with Crippen molar-refractivity contribution in [3.05, 3.63) is 39.7 Å². The van der Waals surface area contributed by atoms with E-state index in [0.29, 0.717) is 23.1 Å². The highest BCUT2D eigenvalue weighted by molar-refractivity contribution is 9.10. The van der Waals surface area contributed by atoms with Gasteiger partial charge in [-0.05, 0) is 59.5 Å². The first-order valence-electron chi connectivity index (χ1n) is 7.15. The lowest BCUT2D eigenvalue weighted by Gasteiger charge is -2.14. The van der Waals surface area contributed by atoms with Gasteiger partial charge in [0.1, 0.15) is 11.6 Å². The first-order chi connectivity index (χ1) is 10.1. The minimum absolute atomic E-state index is 0.222. The lowest BCUT2D eigenvalue weighted by molar-refractivity contribution is 0.618. The van der Waals surface area contributed by atoms with Gasteiger partial charge in [0.15, 0.2) is 5.82 Å². The fourth-order valence-corrected chi connectivity index (χ4v) is 3.37. The number of nitrogens with zero attached hydrogens (tertiary/aromatic N) is 2. The molecule has 0 saturated heterocycles. The fraction of sp³-hybridized carbons (Fsp3) is 0.375. The minimum atomic E-state index is -0.222. The number of hydrogen-bond donors (Lipinski definition) is 1. The summed E-state index contributed by atoms with van der Waals surface area (Å²) in [5.41, 5.74) is 8.39. The van der Waals surface area contributed by atoms with Crippen molar-refractivity contribution < 1.29 is 4.39 Å². The molecular weight excluding hydrogens is 333 g/mol. The standard InChI is InChI=1S/C16H17BrFN3/c1-9-8-11(6-7-12(9)18)16-20-14(10-4-2-3-5-10)13(17)15(19)21-16/h6-8,10H,2-5H2,1H3,(H2,19,20,21). The van der Waals surface area contributed by atoms with E-state index in [1.54, 1.807) is 19.1 Å². The van der Waals surface area contributed by atoms with Gasteiger partial charge in [-0.2, -0.15) is 0 Å². The number of rotatable bonds is 2. The summed E-state index contributed by atoms with van der Waals surface area (Å²) < 4.78 is 14.2.